The van der Waals surface area contributed by atoms with Crippen molar-refractivity contribution >= 4 is 28.8 Å². The van der Waals surface area contributed by atoms with Gasteiger partial charge in [0.05, 0.1) is 30.2 Å². The maximum Gasteiger partial charge on any atom is 0.165 e. The number of aromatic nitrogens is 1. The lowest BCUT2D eigenvalue weighted by molar-refractivity contribution is 0.0758. The van der Waals surface area contributed by atoms with E-state index in [1.165, 1.54) is 25.3 Å². The van der Waals surface area contributed by atoms with E-state index in [0.29, 0.717) is 45.6 Å². The molecule has 4 aromatic rings. The number of fused-ring (bicyclic) bond motifs is 1. The van der Waals surface area contributed by atoms with Gasteiger partial charge in [0, 0.05) is 40.6 Å². The van der Waals surface area contributed by atoms with E-state index in [4.69, 9.17) is 21.1 Å². The van der Waals surface area contributed by atoms with Crippen LogP contribution in [0, 0.1) is 5.82 Å². The van der Waals surface area contributed by atoms with Crippen LogP contribution in [0.3, 0.4) is 0 Å². The van der Waals surface area contributed by atoms with Crippen LogP contribution < -0.4 is 4.74 Å². The maximum atomic E-state index is 14.4. The summed E-state index contributed by atoms with van der Waals surface area (Å²) in [5.41, 5.74) is 3.13. The third-order valence-corrected chi connectivity index (χ3v) is 7.30. The van der Waals surface area contributed by atoms with Crippen molar-refractivity contribution in [1.29, 1.82) is 0 Å². The Bertz CT molecular complexity index is 1490. The summed E-state index contributed by atoms with van der Waals surface area (Å²) in [6.45, 7) is 0.418. The zero-order chi connectivity index (χ0) is 25.6. The lowest BCUT2D eigenvalue weighted by atomic mass is 9.65. The number of carbonyl (C=O) groups is 1. The van der Waals surface area contributed by atoms with Gasteiger partial charge >= 0.3 is 0 Å². The van der Waals surface area contributed by atoms with Gasteiger partial charge in [-0.3, -0.25) is 4.79 Å². The number of halogens is 2. The second kappa shape index (κ2) is 9.15. The van der Waals surface area contributed by atoms with Crippen LogP contribution in [0.1, 0.15) is 35.3 Å². The lowest BCUT2D eigenvalue weighted by Crippen LogP contribution is -2.41. The van der Waals surface area contributed by atoms with Gasteiger partial charge in [-0.25, -0.2) is 4.39 Å². The van der Waals surface area contributed by atoms with Gasteiger partial charge < -0.3 is 24.3 Å². The van der Waals surface area contributed by atoms with Gasteiger partial charge in [-0.15, -0.1) is 0 Å². The topological polar surface area (TPSA) is 80.9 Å². The van der Waals surface area contributed by atoms with E-state index in [9.17, 15) is 19.4 Å². The minimum Gasteiger partial charge on any atom is -0.507 e. The molecule has 0 bridgehead atoms. The molecule has 0 spiro atoms. The summed E-state index contributed by atoms with van der Waals surface area (Å²) in [5.74, 6) is -0.617. The lowest BCUT2D eigenvalue weighted by Gasteiger charge is -2.43. The second-order valence-corrected chi connectivity index (χ2v) is 9.59. The third-order valence-electron chi connectivity index (χ3n) is 7.09. The van der Waals surface area contributed by atoms with Gasteiger partial charge in [0.25, 0.3) is 0 Å². The quantitative estimate of drug-likeness (QED) is 0.282. The highest BCUT2D eigenvalue weighted by atomic mass is 35.5. The predicted molar refractivity (Wildman–Crippen MR) is 136 cm³/mol. The number of nitrogens with zero attached hydrogens (tertiary/aromatic N) is 1. The summed E-state index contributed by atoms with van der Waals surface area (Å²) < 4.78 is 27.3. The number of ether oxygens (including phenoxy) is 2. The molecule has 1 heterocycles. The smallest absolute Gasteiger partial charge is 0.165 e. The van der Waals surface area contributed by atoms with Gasteiger partial charge in [-0.05, 0) is 54.8 Å². The molecule has 0 unspecified atom stereocenters. The minimum atomic E-state index is -0.495. The van der Waals surface area contributed by atoms with Crippen molar-refractivity contribution in [3.05, 3.63) is 70.6 Å². The van der Waals surface area contributed by atoms with E-state index in [-0.39, 0.29) is 22.8 Å². The molecule has 6 nitrogen and oxygen atoms in total. The fourth-order valence-electron chi connectivity index (χ4n) is 5.33. The first-order valence-electron chi connectivity index (χ1n) is 11.5. The molecule has 1 aliphatic carbocycles. The monoisotopic (exact) mass is 509 g/mol. The number of benzene rings is 3. The molecular weight excluding hydrogens is 485 g/mol. The molecule has 0 amide bonds. The maximum absolute atomic E-state index is 14.4. The van der Waals surface area contributed by atoms with Gasteiger partial charge in [-0.2, -0.15) is 0 Å². The van der Waals surface area contributed by atoms with E-state index < -0.39 is 11.2 Å². The van der Waals surface area contributed by atoms with Crippen molar-refractivity contribution in [2.24, 2.45) is 0 Å². The Hall–Kier alpha value is -3.55. The van der Waals surface area contributed by atoms with Crippen LogP contribution >= 0.6 is 11.6 Å². The molecule has 186 valence electrons. The zero-order valence-electron chi connectivity index (χ0n) is 19.8. The summed E-state index contributed by atoms with van der Waals surface area (Å²) in [4.78, 5) is 11.3. The van der Waals surface area contributed by atoms with Crippen molar-refractivity contribution in [3.63, 3.8) is 0 Å². The number of aldehydes is 1. The number of phenols is 2. The summed E-state index contributed by atoms with van der Waals surface area (Å²) in [7, 11) is 3.05. The number of aromatic hydroxyl groups is 2. The van der Waals surface area contributed by atoms with Gasteiger partial charge in [-0.1, -0.05) is 24.1 Å². The highest BCUT2D eigenvalue weighted by Crippen LogP contribution is 2.53. The molecule has 0 aliphatic heterocycles. The van der Waals surface area contributed by atoms with Crippen molar-refractivity contribution < 1.29 is 28.9 Å². The number of rotatable bonds is 7. The Morgan fingerprint density at radius 2 is 1.86 bits per heavy atom. The van der Waals surface area contributed by atoms with Crippen LogP contribution in [0.4, 0.5) is 4.39 Å². The molecule has 1 aliphatic rings. The number of methoxy groups -OCH3 is 2. The second-order valence-electron chi connectivity index (χ2n) is 9.16. The van der Waals surface area contributed by atoms with Crippen molar-refractivity contribution in [2.45, 2.75) is 24.7 Å². The summed E-state index contributed by atoms with van der Waals surface area (Å²) >= 11 is 6.40. The Kier molecular flexibility index (Phi) is 6.14. The van der Waals surface area contributed by atoms with E-state index in [2.05, 4.69) is 0 Å². The third kappa shape index (κ3) is 3.70. The van der Waals surface area contributed by atoms with Gasteiger partial charge in [0.2, 0.25) is 0 Å². The summed E-state index contributed by atoms with van der Waals surface area (Å²) in [6, 6.07) is 12.6. The number of carbonyl (C=O) groups excluding carboxylic acids is 1. The Morgan fingerprint density at radius 3 is 2.47 bits per heavy atom. The first-order valence-corrected chi connectivity index (χ1v) is 11.9. The van der Waals surface area contributed by atoms with Gasteiger partial charge in [0.15, 0.2) is 17.9 Å². The van der Waals surface area contributed by atoms with Crippen molar-refractivity contribution in [1.82, 2.24) is 4.57 Å². The van der Waals surface area contributed by atoms with Crippen LogP contribution in [-0.2, 0) is 10.2 Å². The minimum absolute atomic E-state index is 0.0348. The highest BCUT2D eigenvalue weighted by Gasteiger charge is 2.44. The fourth-order valence-corrected chi connectivity index (χ4v) is 5.54. The predicted octanol–water partition coefficient (Wildman–Crippen LogP) is 6.39. The number of phenolic OH excluding ortho intramolecular Hbond substituents is 2. The summed E-state index contributed by atoms with van der Waals surface area (Å²) in [5, 5.41) is 22.5. The van der Waals surface area contributed by atoms with Crippen LogP contribution in [0.15, 0.2) is 48.5 Å². The Morgan fingerprint density at radius 1 is 1.08 bits per heavy atom. The fraction of sp³-hybridized carbons (Fsp3) is 0.250. The molecule has 3 aromatic carbocycles. The largest absolute Gasteiger partial charge is 0.507 e. The van der Waals surface area contributed by atoms with Crippen LogP contribution in [0.2, 0.25) is 5.02 Å². The van der Waals surface area contributed by atoms with Crippen LogP contribution in [0.5, 0.6) is 17.2 Å². The van der Waals surface area contributed by atoms with E-state index in [1.807, 2.05) is 4.57 Å². The first-order chi connectivity index (χ1) is 17.3. The number of hydrogen-bond acceptors (Lipinski definition) is 5. The molecule has 36 heavy (non-hydrogen) atoms. The zero-order valence-corrected chi connectivity index (χ0v) is 20.6. The average molecular weight is 510 g/mol. The normalized spacial score (nSPS) is 14.6. The van der Waals surface area contributed by atoms with E-state index in [0.717, 1.165) is 25.0 Å². The highest BCUT2D eigenvalue weighted by molar-refractivity contribution is 6.31. The number of hydrogen-bond donors (Lipinski definition) is 2. The molecule has 0 radical (unpaired) electrons. The molecule has 1 aromatic heterocycles. The molecule has 1 saturated carbocycles. The van der Waals surface area contributed by atoms with Crippen molar-refractivity contribution in [2.75, 3.05) is 20.8 Å². The molecule has 0 saturated heterocycles. The van der Waals surface area contributed by atoms with Crippen LogP contribution in [-0.4, -0.2) is 41.9 Å². The molecular formula is C28H25ClFNO5. The molecule has 8 heteroatoms. The average Bonchev–Trinajstić information content (AvgIpc) is 3.17. The molecule has 2 N–H and O–H groups in total. The van der Waals surface area contributed by atoms with Crippen molar-refractivity contribution in [3.8, 4) is 34.1 Å². The molecule has 5 rings (SSSR count). The Balaban J connectivity index is 1.96. The van der Waals surface area contributed by atoms with Crippen LogP contribution in [0.25, 0.3) is 27.7 Å². The van der Waals surface area contributed by atoms with E-state index >= 15 is 0 Å². The standard InChI is InChI=1S/C28H25ClFNO5/c1-35-15-28(8-3-9-28)27-25(16-4-5-17(14-32)22(33)10-16)26-21(11-18(29)12-23(26)34)31(27)19-6-7-20(30)24(13-19)36-2/h4-7,10-14,33-34H,3,8-9,15H2,1-2H3. The summed E-state index contributed by atoms with van der Waals surface area (Å²) in [6.07, 6.45) is 3.23. The first kappa shape index (κ1) is 24.2. The van der Waals surface area contributed by atoms with E-state index in [1.54, 1.807) is 37.4 Å². The van der Waals surface area contributed by atoms with Gasteiger partial charge in [0.1, 0.15) is 11.5 Å². The SMILES string of the molecule is COCC1(c2c(-c3ccc(C=O)c(O)c3)c3c(O)cc(Cl)cc3n2-c2ccc(F)c(OC)c2)CCC1. The molecule has 1 fully saturated rings. The Labute approximate surface area is 212 Å². The molecule has 0 atom stereocenters.